The van der Waals surface area contributed by atoms with Gasteiger partial charge in [0.1, 0.15) is 0 Å². The van der Waals surface area contributed by atoms with Crippen LogP contribution in [0.3, 0.4) is 0 Å². The number of methoxy groups -OCH3 is 1. The van der Waals surface area contributed by atoms with E-state index >= 15 is 0 Å². The molecule has 142 valence electrons. The predicted molar refractivity (Wildman–Crippen MR) is 104 cm³/mol. The summed E-state index contributed by atoms with van der Waals surface area (Å²) in [6.45, 7) is 4.60. The van der Waals surface area contributed by atoms with Crippen molar-refractivity contribution < 1.29 is 19.1 Å². The summed E-state index contributed by atoms with van der Waals surface area (Å²) in [7, 11) is 1.53. The Labute approximate surface area is 159 Å². The van der Waals surface area contributed by atoms with Crippen molar-refractivity contribution in [1.82, 2.24) is 0 Å². The zero-order valence-corrected chi connectivity index (χ0v) is 16.0. The molecule has 27 heavy (non-hydrogen) atoms. The van der Waals surface area contributed by atoms with E-state index in [9.17, 15) is 9.59 Å². The normalized spacial score (nSPS) is 17.7. The Morgan fingerprint density at radius 1 is 1.15 bits per heavy atom. The van der Waals surface area contributed by atoms with Crippen LogP contribution in [-0.2, 0) is 9.59 Å². The number of anilines is 1. The van der Waals surface area contributed by atoms with Gasteiger partial charge in [-0.05, 0) is 36.1 Å². The second kappa shape index (κ2) is 8.25. The van der Waals surface area contributed by atoms with Crippen molar-refractivity contribution in [3.05, 3.63) is 54.1 Å². The van der Waals surface area contributed by atoms with Gasteiger partial charge in [-0.1, -0.05) is 44.2 Å². The molecule has 1 amide bonds. The highest BCUT2D eigenvalue weighted by Gasteiger charge is 2.37. The summed E-state index contributed by atoms with van der Waals surface area (Å²) >= 11 is 0. The maximum atomic E-state index is 12.6. The van der Waals surface area contributed by atoms with Crippen LogP contribution in [0.1, 0.15) is 38.2 Å². The SMILES string of the molecule is CCC(C)c1ccccc1N1CC(C(=O)Oc2ccccc2OC)CC1=O. The molecular weight excluding hydrogens is 342 g/mol. The highest BCUT2D eigenvalue weighted by molar-refractivity contribution is 6.00. The Bertz CT molecular complexity index is 833. The molecule has 0 N–H and O–H groups in total. The molecule has 2 aromatic rings. The van der Waals surface area contributed by atoms with Crippen molar-refractivity contribution in [2.75, 3.05) is 18.6 Å². The summed E-state index contributed by atoms with van der Waals surface area (Å²) in [5, 5.41) is 0. The minimum Gasteiger partial charge on any atom is -0.493 e. The number of carbonyl (C=O) groups is 2. The zero-order chi connectivity index (χ0) is 19.4. The minimum absolute atomic E-state index is 0.0484. The molecule has 0 spiro atoms. The fraction of sp³-hybridized carbons (Fsp3) is 0.364. The largest absolute Gasteiger partial charge is 0.493 e. The molecule has 2 unspecified atom stereocenters. The number of ether oxygens (including phenoxy) is 2. The number of para-hydroxylation sites is 3. The Morgan fingerprint density at radius 2 is 1.81 bits per heavy atom. The van der Waals surface area contributed by atoms with E-state index in [4.69, 9.17) is 9.47 Å². The standard InChI is InChI=1S/C22H25NO4/c1-4-15(2)17-9-5-6-10-18(17)23-14-16(13-21(23)24)22(25)27-20-12-8-7-11-19(20)26-3/h5-12,15-16H,4,13-14H2,1-3H3. The van der Waals surface area contributed by atoms with Gasteiger partial charge in [-0.3, -0.25) is 9.59 Å². The number of amides is 1. The Morgan fingerprint density at radius 3 is 2.52 bits per heavy atom. The van der Waals surface area contributed by atoms with Gasteiger partial charge in [-0.25, -0.2) is 0 Å². The van der Waals surface area contributed by atoms with E-state index in [2.05, 4.69) is 19.9 Å². The third kappa shape index (κ3) is 3.97. The van der Waals surface area contributed by atoms with E-state index in [1.165, 1.54) is 7.11 Å². The van der Waals surface area contributed by atoms with Crippen LogP contribution in [0.4, 0.5) is 5.69 Å². The number of carbonyl (C=O) groups excluding carboxylic acids is 2. The van der Waals surface area contributed by atoms with Crippen molar-refractivity contribution in [3.8, 4) is 11.5 Å². The quantitative estimate of drug-likeness (QED) is 0.568. The maximum absolute atomic E-state index is 12.6. The van der Waals surface area contributed by atoms with Gasteiger partial charge in [-0.15, -0.1) is 0 Å². The lowest BCUT2D eigenvalue weighted by atomic mass is 9.96. The van der Waals surface area contributed by atoms with Crippen molar-refractivity contribution in [2.24, 2.45) is 5.92 Å². The number of esters is 1. The van der Waals surface area contributed by atoms with E-state index < -0.39 is 11.9 Å². The molecule has 2 atom stereocenters. The summed E-state index contributed by atoms with van der Waals surface area (Å²) < 4.78 is 10.7. The molecule has 0 bridgehead atoms. The van der Waals surface area contributed by atoms with E-state index in [0.29, 0.717) is 24.0 Å². The smallest absolute Gasteiger partial charge is 0.316 e. The fourth-order valence-corrected chi connectivity index (χ4v) is 3.36. The second-order valence-corrected chi connectivity index (χ2v) is 6.85. The Hall–Kier alpha value is -2.82. The maximum Gasteiger partial charge on any atom is 0.316 e. The van der Waals surface area contributed by atoms with Gasteiger partial charge < -0.3 is 14.4 Å². The average molecular weight is 367 g/mol. The molecular formula is C22H25NO4. The summed E-state index contributed by atoms with van der Waals surface area (Å²) in [6.07, 6.45) is 1.14. The first-order valence-corrected chi connectivity index (χ1v) is 9.29. The van der Waals surface area contributed by atoms with Crippen molar-refractivity contribution >= 4 is 17.6 Å². The molecule has 0 saturated carbocycles. The van der Waals surface area contributed by atoms with E-state index in [1.54, 1.807) is 23.1 Å². The number of hydrogen-bond acceptors (Lipinski definition) is 4. The van der Waals surface area contributed by atoms with Gasteiger partial charge in [-0.2, -0.15) is 0 Å². The zero-order valence-electron chi connectivity index (χ0n) is 16.0. The summed E-state index contributed by atoms with van der Waals surface area (Å²) in [4.78, 5) is 27.0. The molecule has 0 aromatic heterocycles. The monoisotopic (exact) mass is 367 g/mol. The Kier molecular flexibility index (Phi) is 5.79. The van der Waals surface area contributed by atoms with Gasteiger partial charge in [0, 0.05) is 18.7 Å². The van der Waals surface area contributed by atoms with Crippen LogP contribution < -0.4 is 14.4 Å². The molecule has 1 heterocycles. The molecule has 1 aliphatic rings. The molecule has 5 heteroatoms. The first-order valence-electron chi connectivity index (χ1n) is 9.29. The topological polar surface area (TPSA) is 55.8 Å². The highest BCUT2D eigenvalue weighted by atomic mass is 16.6. The molecule has 0 radical (unpaired) electrons. The molecule has 2 aromatic carbocycles. The third-order valence-corrected chi connectivity index (χ3v) is 5.11. The van der Waals surface area contributed by atoms with Crippen LogP contribution in [-0.4, -0.2) is 25.5 Å². The third-order valence-electron chi connectivity index (χ3n) is 5.11. The first-order chi connectivity index (χ1) is 13.0. The number of rotatable bonds is 6. The van der Waals surface area contributed by atoms with Crippen LogP contribution >= 0.6 is 0 Å². The number of nitrogens with zero attached hydrogens (tertiary/aromatic N) is 1. The molecule has 0 aliphatic carbocycles. The minimum atomic E-state index is -0.493. The number of hydrogen-bond donors (Lipinski definition) is 0. The Balaban J connectivity index is 1.77. The van der Waals surface area contributed by atoms with Crippen LogP contribution in [0.25, 0.3) is 0 Å². The van der Waals surface area contributed by atoms with Gasteiger partial charge in [0.25, 0.3) is 0 Å². The van der Waals surface area contributed by atoms with E-state index in [0.717, 1.165) is 17.7 Å². The van der Waals surface area contributed by atoms with Gasteiger partial charge in [0.2, 0.25) is 5.91 Å². The van der Waals surface area contributed by atoms with Crippen molar-refractivity contribution in [1.29, 1.82) is 0 Å². The molecule has 3 rings (SSSR count). The fourth-order valence-electron chi connectivity index (χ4n) is 3.36. The van der Waals surface area contributed by atoms with Crippen LogP contribution in [0.5, 0.6) is 11.5 Å². The summed E-state index contributed by atoms with van der Waals surface area (Å²) in [5.74, 6) is 0.259. The lowest BCUT2D eigenvalue weighted by Gasteiger charge is -2.23. The van der Waals surface area contributed by atoms with Crippen molar-refractivity contribution in [2.45, 2.75) is 32.6 Å². The van der Waals surface area contributed by atoms with E-state index in [1.807, 2.05) is 24.3 Å². The van der Waals surface area contributed by atoms with Gasteiger partial charge in [0.15, 0.2) is 11.5 Å². The highest BCUT2D eigenvalue weighted by Crippen LogP contribution is 2.34. The van der Waals surface area contributed by atoms with E-state index in [-0.39, 0.29) is 12.3 Å². The molecule has 1 aliphatic heterocycles. The second-order valence-electron chi connectivity index (χ2n) is 6.85. The van der Waals surface area contributed by atoms with Crippen LogP contribution in [0.15, 0.2) is 48.5 Å². The van der Waals surface area contributed by atoms with Crippen molar-refractivity contribution in [3.63, 3.8) is 0 Å². The lowest BCUT2D eigenvalue weighted by molar-refractivity contribution is -0.139. The predicted octanol–water partition coefficient (Wildman–Crippen LogP) is 4.17. The van der Waals surface area contributed by atoms with Gasteiger partial charge >= 0.3 is 5.97 Å². The van der Waals surface area contributed by atoms with Crippen LogP contribution in [0.2, 0.25) is 0 Å². The summed E-state index contributed by atoms with van der Waals surface area (Å²) in [6, 6.07) is 14.9. The lowest BCUT2D eigenvalue weighted by Crippen LogP contribution is -2.28. The first kappa shape index (κ1) is 19.0. The molecule has 1 saturated heterocycles. The average Bonchev–Trinajstić information content (AvgIpc) is 3.09. The summed E-state index contributed by atoms with van der Waals surface area (Å²) in [5.41, 5.74) is 2.02. The van der Waals surface area contributed by atoms with Gasteiger partial charge in [0.05, 0.1) is 13.0 Å². The molecule has 5 nitrogen and oxygen atoms in total. The van der Waals surface area contributed by atoms with Crippen LogP contribution in [0, 0.1) is 5.92 Å². The number of benzene rings is 2. The molecule has 1 fully saturated rings.